The van der Waals surface area contributed by atoms with E-state index in [0.29, 0.717) is 12.0 Å². The van der Waals surface area contributed by atoms with Crippen LogP contribution in [0.3, 0.4) is 0 Å². The van der Waals surface area contributed by atoms with E-state index >= 15 is 0 Å². The second kappa shape index (κ2) is 16.0. The monoisotopic (exact) mass is 585 g/mol. The zero-order valence-electron chi connectivity index (χ0n) is 25.1. The quantitative estimate of drug-likeness (QED) is 0.271. The molecule has 2 amide bonds. The van der Waals surface area contributed by atoms with E-state index in [1.165, 1.54) is 20.3 Å². The first-order chi connectivity index (χ1) is 19.8. The number of carbonyl (C=O) groups excluding carboxylic acids is 4. The summed E-state index contributed by atoms with van der Waals surface area (Å²) in [6, 6.07) is 0. The Morgan fingerprint density at radius 3 is 2.50 bits per heavy atom. The molecule has 2 rings (SSSR count). The van der Waals surface area contributed by atoms with E-state index in [2.05, 4.69) is 17.2 Å². The fourth-order valence-electron chi connectivity index (χ4n) is 4.95. The van der Waals surface area contributed by atoms with Gasteiger partial charge in [-0.15, -0.1) is 6.58 Å². The lowest BCUT2D eigenvalue weighted by atomic mass is 9.85. The molecule has 0 spiro atoms. The molecule has 2 aliphatic rings. The number of aliphatic hydroxyl groups is 1. The molecule has 0 radical (unpaired) electrons. The highest BCUT2D eigenvalue weighted by Gasteiger charge is 2.33. The van der Waals surface area contributed by atoms with Gasteiger partial charge in [0.25, 0.3) is 5.91 Å². The molecule has 6 atom stereocenters. The third-order valence-corrected chi connectivity index (χ3v) is 7.22. The summed E-state index contributed by atoms with van der Waals surface area (Å²) in [7, 11) is 2.92. The number of carbonyl (C=O) groups is 4. The van der Waals surface area contributed by atoms with Crippen molar-refractivity contribution < 1.29 is 38.5 Å². The molecule has 1 heterocycles. The summed E-state index contributed by atoms with van der Waals surface area (Å²) in [6.45, 7) is 10.9. The second-order valence-corrected chi connectivity index (χ2v) is 10.6. The minimum atomic E-state index is -1.00. The van der Waals surface area contributed by atoms with Crippen LogP contribution in [0.5, 0.6) is 0 Å². The molecule has 42 heavy (non-hydrogen) atoms. The average molecular weight is 586 g/mol. The Labute approximate surface area is 247 Å². The maximum absolute atomic E-state index is 13.5. The van der Waals surface area contributed by atoms with E-state index in [-0.39, 0.29) is 41.4 Å². The first kappa shape index (κ1) is 34.4. The SMILES string of the molecule is C=CCNC1=C2C[C@H](C)C[C@@H](OC)[C@@H](O)[C@H](C)/C=C(\C)[C@@H](OC(N)=O)[C@H](OC)/C=C\C=C(/C)C(=O)NC(=CC1=O)C2=O. The molecule has 0 aromatic rings. The summed E-state index contributed by atoms with van der Waals surface area (Å²) in [6.07, 6.45) is 5.34. The molecule has 1 aliphatic heterocycles. The average Bonchev–Trinajstić information content (AvgIpc) is 2.94. The fourth-order valence-corrected chi connectivity index (χ4v) is 4.95. The number of rotatable bonds is 6. The van der Waals surface area contributed by atoms with Crippen molar-refractivity contribution in [3.8, 4) is 0 Å². The number of hydrogen-bond donors (Lipinski definition) is 4. The first-order valence-corrected chi connectivity index (χ1v) is 13.8. The number of ketones is 2. The van der Waals surface area contributed by atoms with Crippen molar-refractivity contribution in [2.45, 2.75) is 65.0 Å². The lowest BCUT2D eigenvalue weighted by molar-refractivity contribution is -0.120. The number of allylic oxidation sites excluding steroid dienone is 4. The number of nitrogens with one attached hydrogen (secondary N) is 2. The van der Waals surface area contributed by atoms with Gasteiger partial charge in [0.05, 0.1) is 23.6 Å². The number of fused-ring (bicyclic) bond motifs is 2. The van der Waals surface area contributed by atoms with E-state index in [1.54, 1.807) is 45.1 Å². The van der Waals surface area contributed by atoms with Gasteiger partial charge in [-0.2, -0.15) is 0 Å². The minimum Gasteiger partial charge on any atom is -0.439 e. The highest BCUT2D eigenvalue weighted by atomic mass is 16.6. The molecule has 0 unspecified atom stereocenters. The van der Waals surface area contributed by atoms with Crippen molar-refractivity contribution in [1.82, 2.24) is 10.6 Å². The van der Waals surface area contributed by atoms with Gasteiger partial charge >= 0.3 is 6.09 Å². The lowest BCUT2D eigenvalue weighted by Crippen LogP contribution is -2.37. The number of aliphatic hydroxyl groups excluding tert-OH is 1. The van der Waals surface area contributed by atoms with Crippen LogP contribution in [0, 0.1) is 11.8 Å². The zero-order valence-corrected chi connectivity index (χ0v) is 25.1. The second-order valence-electron chi connectivity index (χ2n) is 10.6. The molecule has 230 valence electrons. The Bertz CT molecular complexity index is 1210. The van der Waals surface area contributed by atoms with Crippen LogP contribution in [0.25, 0.3) is 0 Å². The van der Waals surface area contributed by atoms with Crippen LogP contribution in [-0.2, 0) is 28.6 Å². The van der Waals surface area contributed by atoms with E-state index in [9.17, 15) is 24.3 Å². The molecule has 0 saturated carbocycles. The van der Waals surface area contributed by atoms with Crippen LogP contribution in [-0.4, -0.2) is 73.9 Å². The molecular weight excluding hydrogens is 542 g/mol. The van der Waals surface area contributed by atoms with Crippen molar-refractivity contribution in [2.75, 3.05) is 20.8 Å². The number of nitrogens with two attached hydrogens (primary N) is 1. The number of amides is 2. The number of ether oxygens (including phenoxy) is 3. The summed E-state index contributed by atoms with van der Waals surface area (Å²) >= 11 is 0. The van der Waals surface area contributed by atoms with E-state index < -0.39 is 53.9 Å². The molecule has 0 aromatic carbocycles. The molecule has 11 heteroatoms. The van der Waals surface area contributed by atoms with Crippen LogP contribution in [0.1, 0.15) is 40.5 Å². The van der Waals surface area contributed by atoms with Gasteiger partial charge in [-0.25, -0.2) is 4.79 Å². The first-order valence-electron chi connectivity index (χ1n) is 13.8. The maximum atomic E-state index is 13.5. The van der Waals surface area contributed by atoms with Gasteiger partial charge < -0.3 is 35.7 Å². The highest BCUT2D eigenvalue weighted by Crippen LogP contribution is 2.28. The number of hydrogen-bond acceptors (Lipinski definition) is 9. The van der Waals surface area contributed by atoms with Crippen molar-refractivity contribution in [3.05, 3.63) is 71.1 Å². The molecule has 1 aliphatic carbocycles. The maximum Gasteiger partial charge on any atom is 0.405 e. The summed E-state index contributed by atoms with van der Waals surface area (Å²) < 4.78 is 16.6. The standard InChI is InChI=1S/C31H43N3O8/c1-8-12-33-26-21-13-17(2)14-25(41-7)27(36)19(4)15-20(5)29(42-31(32)39)24(40-6)11-9-10-18(3)30(38)34-22(28(21)37)16-23(26)35/h8-11,15-17,19,24-25,27,29,33,36H,1,12-14H2,2-7H3,(H2,32,39)(H,34,38)/b11-9-,18-10+,20-15+/t17-,19+,24+,25+,27-,29+/m0/s1. The van der Waals surface area contributed by atoms with Crippen LogP contribution >= 0.6 is 0 Å². The van der Waals surface area contributed by atoms with Gasteiger partial charge in [0.15, 0.2) is 6.10 Å². The Morgan fingerprint density at radius 2 is 1.90 bits per heavy atom. The van der Waals surface area contributed by atoms with Gasteiger partial charge in [-0.1, -0.05) is 44.2 Å². The number of primary amides is 1. The van der Waals surface area contributed by atoms with Gasteiger partial charge in [0.1, 0.15) is 6.10 Å². The predicted molar refractivity (Wildman–Crippen MR) is 158 cm³/mol. The molecule has 0 saturated heterocycles. The van der Waals surface area contributed by atoms with Crippen LogP contribution < -0.4 is 16.4 Å². The number of Topliss-reactive ketones (excluding diaryl/α,β-unsaturated/α-hetero) is 1. The van der Waals surface area contributed by atoms with E-state index in [4.69, 9.17) is 19.9 Å². The third-order valence-electron chi connectivity index (χ3n) is 7.22. The Kier molecular flexibility index (Phi) is 13.1. The predicted octanol–water partition coefficient (Wildman–Crippen LogP) is 2.54. The largest absolute Gasteiger partial charge is 0.439 e. The highest BCUT2D eigenvalue weighted by molar-refractivity contribution is 6.23. The molecule has 0 aromatic heterocycles. The Balaban J connectivity index is 2.62. The van der Waals surface area contributed by atoms with Crippen LogP contribution in [0.2, 0.25) is 0 Å². The third kappa shape index (κ3) is 9.10. The van der Waals surface area contributed by atoms with Crippen molar-refractivity contribution in [3.63, 3.8) is 0 Å². The van der Waals surface area contributed by atoms with Crippen molar-refractivity contribution in [1.29, 1.82) is 0 Å². The van der Waals surface area contributed by atoms with Gasteiger partial charge in [0.2, 0.25) is 11.6 Å². The summed E-state index contributed by atoms with van der Waals surface area (Å²) in [5.41, 5.74) is 6.42. The smallest absolute Gasteiger partial charge is 0.405 e. The van der Waals surface area contributed by atoms with Crippen LogP contribution in [0.15, 0.2) is 71.1 Å². The van der Waals surface area contributed by atoms with Gasteiger partial charge in [-0.3, -0.25) is 14.4 Å². The summed E-state index contributed by atoms with van der Waals surface area (Å²) in [5, 5.41) is 16.7. The molecular formula is C31H43N3O8. The lowest BCUT2D eigenvalue weighted by Gasteiger charge is -2.30. The van der Waals surface area contributed by atoms with E-state index in [1.807, 2.05) is 6.92 Å². The summed E-state index contributed by atoms with van der Waals surface area (Å²) in [5.74, 6) is -2.14. The fraction of sp³-hybridized carbons (Fsp3) is 0.484. The van der Waals surface area contributed by atoms with Crippen molar-refractivity contribution in [2.24, 2.45) is 17.6 Å². The van der Waals surface area contributed by atoms with Crippen LogP contribution in [0.4, 0.5) is 4.79 Å². The Hall–Kier alpha value is -3.80. The van der Waals surface area contributed by atoms with Crippen molar-refractivity contribution >= 4 is 23.6 Å². The summed E-state index contributed by atoms with van der Waals surface area (Å²) in [4.78, 5) is 51.3. The van der Waals surface area contributed by atoms with Gasteiger partial charge in [-0.05, 0) is 38.2 Å². The zero-order chi connectivity index (χ0) is 31.6. The molecule has 11 nitrogen and oxygen atoms in total. The molecule has 2 bridgehead atoms. The number of methoxy groups -OCH3 is 2. The normalized spacial score (nSPS) is 31.6. The van der Waals surface area contributed by atoms with E-state index in [0.717, 1.165) is 6.08 Å². The topological polar surface area (TPSA) is 166 Å². The van der Waals surface area contributed by atoms with Gasteiger partial charge in [0, 0.05) is 43.9 Å². The minimum absolute atomic E-state index is 0.132. The Morgan fingerprint density at radius 1 is 1.21 bits per heavy atom. The molecule has 0 fully saturated rings. The molecule has 5 N–H and O–H groups in total.